The van der Waals surface area contributed by atoms with Crippen molar-refractivity contribution in [2.75, 3.05) is 14.2 Å². The molecule has 0 amide bonds. The van der Waals surface area contributed by atoms with Crippen LogP contribution in [0.25, 0.3) is 0 Å². The second-order valence-electron chi connectivity index (χ2n) is 5.02. The van der Waals surface area contributed by atoms with Crippen LogP contribution in [-0.2, 0) is 17.6 Å². The highest BCUT2D eigenvalue weighted by Gasteiger charge is 2.37. The molecule has 0 radical (unpaired) electrons. The lowest BCUT2D eigenvalue weighted by Gasteiger charge is -2.31. The molecular weight excluding hydrogens is 232 g/mol. The molecule has 0 saturated carbocycles. The highest BCUT2D eigenvalue weighted by Crippen LogP contribution is 2.40. The molecule has 1 aromatic carbocycles. The SMILES string of the molecule is COc1cc2c(cc1OC)C[C@@](C)(C(=O)O)CC2. The zero-order valence-electron chi connectivity index (χ0n) is 10.9. The molecule has 1 aromatic rings. The molecule has 4 heteroatoms. The van der Waals surface area contributed by atoms with E-state index in [-0.39, 0.29) is 0 Å². The number of carboxylic acid groups (broad SMARTS) is 1. The summed E-state index contributed by atoms with van der Waals surface area (Å²) in [7, 11) is 3.19. The number of rotatable bonds is 3. The number of aryl methyl sites for hydroxylation is 1. The number of methoxy groups -OCH3 is 2. The van der Waals surface area contributed by atoms with Crippen LogP contribution in [0.5, 0.6) is 11.5 Å². The summed E-state index contributed by atoms with van der Waals surface area (Å²) in [5.41, 5.74) is 1.53. The molecule has 2 rings (SSSR count). The van der Waals surface area contributed by atoms with Crippen molar-refractivity contribution >= 4 is 5.97 Å². The largest absolute Gasteiger partial charge is 0.493 e. The van der Waals surface area contributed by atoms with Crippen molar-refractivity contribution in [1.29, 1.82) is 0 Å². The topological polar surface area (TPSA) is 55.8 Å². The minimum absolute atomic E-state index is 0.540. The minimum atomic E-state index is -0.733. The summed E-state index contributed by atoms with van der Waals surface area (Å²) in [5, 5.41) is 9.29. The fraction of sp³-hybridized carbons (Fsp3) is 0.500. The van der Waals surface area contributed by atoms with E-state index in [2.05, 4.69) is 0 Å². The second-order valence-corrected chi connectivity index (χ2v) is 5.02. The molecule has 0 spiro atoms. The average molecular weight is 250 g/mol. The zero-order valence-corrected chi connectivity index (χ0v) is 10.9. The Morgan fingerprint density at radius 2 is 1.78 bits per heavy atom. The van der Waals surface area contributed by atoms with Gasteiger partial charge in [-0.25, -0.2) is 0 Å². The maximum Gasteiger partial charge on any atom is 0.309 e. The molecule has 0 saturated heterocycles. The maximum atomic E-state index is 11.3. The fourth-order valence-electron chi connectivity index (χ4n) is 2.46. The molecule has 0 bridgehead atoms. The summed E-state index contributed by atoms with van der Waals surface area (Å²) in [5.74, 6) is 0.629. The molecule has 0 heterocycles. The Morgan fingerprint density at radius 3 is 2.28 bits per heavy atom. The van der Waals surface area contributed by atoms with Gasteiger partial charge in [-0.15, -0.1) is 0 Å². The van der Waals surface area contributed by atoms with Crippen molar-refractivity contribution in [3.05, 3.63) is 23.3 Å². The van der Waals surface area contributed by atoms with Gasteiger partial charge in [0, 0.05) is 0 Å². The van der Waals surface area contributed by atoms with E-state index in [1.54, 1.807) is 21.1 Å². The van der Waals surface area contributed by atoms with Crippen LogP contribution in [0, 0.1) is 5.41 Å². The van der Waals surface area contributed by atoms with Gasteiger partial charge in [0.15, 0.2) is 11.5 Å². The summed E-state index contributed by atoms with van der Waals surface area (Å²) in [6, 6.07) is 3.85. The third-order valence-corrected chi connectivity index (χ3v) is 3.75. The first-order chi connectivity index (χ1) is 8.50. The van der Waals surface area contributed by atoms with Gasteiger partial charge in [0.05, 0.1) is 19.6 Å². The first kappa shape index (κ1) is 12.7. The van der Waals surface area contributed by atoms with E-state index in [1.807, 2.05) is 12.1 Å². The molecular formula is C14H18O4. The average Bonchev–Trinajstić information content (AvgIpc) is 2.36. The number of benzene rings is 1. The van der Waals surface area contributed by atoms with E-state index in [4.69, 9.17) is 9.47 Å². The van der Waals surface area contributed by atoms with Gasteiger partial charge in [0.2, 0.25) is 0 Å². The normalized spacial score (nSPS) is 22.2. The standard InChI is InChI=1S/C14H18O4/c1-14(13(15)16)5-4-9-6-11(17-2)12(18-3)7-10(9)8-14/h6-7H,4-5,8H2,1-3H3,(H,15,16)/t14-/m0/s1. The molecule has 0 unspecified atom stereocenters. The maximum absolute atomic E-state index is 11.3. The first-order valence-electron chi connectivity index (χ1n) is 5.97. The summed E-state index contributed by atoms with van der Waals surface area (Å²) < 4.78 is 10.5. The number of fused-ring (bicyclic) bond motifs is 1. The predicted octanol–water partition coefficient (Wildman–Crippen LogP) is 2.28. The van der Waals surface area contributed by atoms with Crippen LogP contribution in [0.3, 0.4) is 0 Å². The molecule has 0 aromatic heterocycles. The zero-order chi connectivity index (χ0) is 13.3. The Balaban J connectivity index is 2.41. The fourth-order valence-corrected chi connectivity index (χ4v) is 2.46. The number of ether oxygens (including phenoxy) is 2. The van der Waals surface area contributed by atoms with E-state index < -0.39 is 11.4 Å². The Kier molecular flexibility index (Phi) is 3.20. The summed E-state index contributed by atoms with van der Waals surface area (Å²) in [4.78, 5) is 11.3. The lowest BCUT2D eigenvalue weighted by molar-refractivity contribution is -0.148. The van der Waals surface area contributed by atoms with Crippen LogP contribution in [0.4, 0.5) is 0 Å². The van der Waals surface area contributed by atoms with E-state index in [0.29, 0.717) is 24.3 Å². The molecule has 1 aliphatic carbocycles. The molecule has 0 aliphatic heterocycles. The van der Waals surface area contributed by atoms with Crippen molar-refractivity contribution in [1.82, 2.24) is 0 Å². The molecule has 1 N–H and O–H groups in total. The summed E-state index contributed by atoms with van der Waals surface area (Å²) in [6.45, 7) is 1.80. The van der Waals surface area contributed by atoms with Crippen molar-refractivity contribution in [2.45, 2.75) is 26.2 Å². The molecule has 0 fully saturated rings. The summed E-state index contributed by atoms with van der Waals surface area (Å²) >= 11 is 0. The van der Waals surface area contributed by atoms with Crippen LogP contribution in [0.2, 0.25) is 0 Å². The van der Waals surface area contributed by atoms with Crippen LogP contribution >= 0.6 is 0 Å². The number of hydrogen-bond donors (Lipinski definition) is 1. The van der Waals surface area contributed by atoms with Gasteiger partial charge in [0.1, 0.15) is 0 Å². The van der Waals surface area contributed by atoms with Crippen LogP contribution < -0.4 is 9.47 Å². The van der Waals surface area contributed by atoms with Crippen LogP contribution in [0.1, 0.15) is 24.5 Å². The molecule has 1 atom stereocenters. The van der Waals surface area contributed by atoms with Crippen molar-refractivity contribution < 1.29 is 19.4 Å². The van der Waals surface area contributed by atoms with Gasteiger partial charge < -0.3 is 14.6 Å². The Labute approximate surface area is 107 Å². The van der Waals surface area contributed by atoms with Crippen LogP contribution in [0.15, 0.2) is 12.1 Å². The van der Waals surface area contributed by atoms with Gasteiger partial charge in [-0.3, -0.25) is 4.79 Å². The third-order valence-electron chi connectivity index (χ3n) is 3.75. The smallest absolute Gasteiger partial charge is 0.309 e. The number of carbonyl (C=O) groups is 1. The number of carboxylic acids is 1. The Hall–Kier alpha value is -1.71. The van der Waals surface area contributed by atoms with Crippen molar-refractivity contribution in [2.24, 2.45) is 5.41 Å². The van der Waals surface area contributed by atoms with Crippen LogP contribution in [-0.4, -0.2) is 25.3 Å². The van der Waals surface area contributed by atoms with E-state index in [0.717, 1.165) is 17.5 Å². The third kappa shape index (κ3) is 2.03. The number of aliphatic carboxylic acids is 1. The highest BCUT2D eigenvalue weighted by molar-refractivity contribution is 5.75. The van der Waals surface area contributed by atoms with Crippen molar-refractivity contribution in [3.63, 3.8) is 0 Å². The molecule has 98 valence electrons. The Morgan fingerprint density at radius 1 is 1.22 bits per heavy atom. The highest BCUT2D eigenvalue weighted by atomic mass is 16.5. The van der Waals surface area contributed by atoms with Gasteiger partial charge in [-0.05, 0) is 49.4 Å². The van der Waals surface area contributed by atoms with E-state index >= 15 is 0 Å². The monoisotopic (exact) mass is 250 g/mol. The second kappa shape index (κ2) is 4.52. The van der Waals surface area contributed by atoms with Gasteiger partial charge >= 0.3 is 5.97 Å². The van der Waals surface area contributed by atoms with Crippen molar-refractivity contribution in [3.8, 4) is 11.5 Å². The summed E-state index contributed by atoms with van der Waals surface area (Å²) in [6.07, 6.45) is 1.96. The molecule has 18 heavy (non-hydrogen) atoms. The van der Waals surface area contributed by atoms with E-state index in [9.17, 15) is 9.90 Å². The predicted molar refractivity (Wildman–Crippen MR) is 67.3 cm³/mol. The quantitative estimate of drug-likeness (QED) is 0.894. The molecule has 1 aliphatic rings. The Bertz CT molecular complexity index is 481. The van der Waals surface area contributed by atoms with Gasteiger partial charge in [0.25, 0.3) is 0 Å². The number of hydrogen-bond acceptors (Lipinski definition) is 3. The lowest BCUT2D eigenvalue weighted by Crippen LogP contribution is -2.33. The minimum Gasteiger partial charge on any atom is -0.493 e. The van der Waals surface area contributed by atoms with Gasteiger partial charge in [-0.2, -0.15) is 0 Å². The van der Waals surface area contributed by atoms with E-state index in [1.165, 1.54) is 0 Å². The molecule has 4 nitrogen and oxygen atoms in total. The lowest BCUT2D eigenvalue weighted by atomic mass is 9.73. The first-order valence-corrected chi connectivity index (χ1v) is 5.97. The van der Waals surface area contributed by atoms with Gasteiger partial charge in [-0.1, -0.05) is 0 Å².